The Hall–Kier alpha value is -3.02. The Kier molecular flexibility index (Phi) is 12.6. The Bertz CT molecular complexity index is 788. The molecule has 176 valence electrons. The number of hydrogen-bond donors (Lipinski definition) is 4. The molecule has 2 aromatic rings. The number of phenolic OH excluding ortho intramolecular Hbond substituents is 4. The molecular formula is C26H36O6. The topological polar surface area (TPSA) is 115 Å². The molecule has 0 atom stereocenters. The van der Waals surface area contributed by atoms with Crippen molar-refractivity contribution in [2.45, 2.75) is 78.1 Å². The van der Waals surface area contributed by atoms with Crippen molar-refractivity contribution in [2.24, 2.45) is 0 Å². The van der Waals surface area contributed by atoms with Crippen molar-refractivity contribution in [3.63, 3.8) is 0 Å². The highest BCUT2D eigenvalue weighted by molar-refractivity contribution is 5.80. The van der Waals surface area contributed by atoms with E-state index in [1.165, 1.54) is 37.8 Å². The van der Waals surface area contributed by atoms with E-state index in [0.29, 0.717) is 12.6 Å². The van der Waals surface area contributed by atoms with Crippen LogP contribution in [0.5, 0.6) is 23.0 Å². The summed E-state index contributed by atoms with van der Waals surface area (Å²) in [6.45, 7) is 4.28. The predicted molar refractivity (Wildman–Crippen MR) is 126 cm³/mol. The number of aldehydes is 2. The fourth-order valence-corrected chi connectivity index (χ4v) is 3.36. The maximum atomic E-state index is 10.6. The lowest BCUT2D eigenvalue weighted by molar-refractivity contribution is 0.111. The van der Waals surface area contributed by atoms with Crippen LogP contribution in [0.3, 0.4) is 0 Å². The summed E-state index contributed by atoms with van der Waals surface area (Å²) in [6.07, 6.45) is 11.6. The average Bonchev–Trinajstić information content (AvgIpc) is 2.77. The lowest BCUT2D eigenvalue weighted by Gasteiger charge is -2.06. The first-order valence-corrected chi connectivity index (χ1v) is 11.4. The van der Waals surface area contributed by atoms with Crippen molar-refractivity contribution in [1.29, 1.82) is 0 Å². The molecule has 0 radical (unpaired) electrons. The first-order chi connectivity index (χ1) is 15.4. The molecule has 0 aliphatic heterocycles. The number of aromatic hydroxyl groups is 4. The van der Waals surface area contributed by atoms with Gasteiger partial charge in [-0.05, 0) is 48.9 Å². The zero-order valence-corrected chi connectivity index (χ0v) is 19.1. The zero-order chi connectivity index (χ0) is 23.9. The van der Waals surface area contributed by atoms with Gasteiger partial charge in [-0.15, -0.1) is 0 Å². The van der Waals surface area contributed by atoms with E-state index < -0.39 is 0 Å². The monoisotopic (exact) mass is 444 g/mol. The minimum atomic E-state index is -0.162. The highest BCUT2D eigenvalue weighted by Crippen LogP contribution is 2.28. The molecule has 0 spiro atoms. The molecular weight excluding hydrogens is 408 g/mol. The first kappa shape index (κ1) is 27.0. The Morgan fingerprint density at radius 3 is 1.25 bits per heavy atom. The van der Waals surface area contributed by atoms with Gasteiger partial charge in [0.25, 0.3) is 0 Å². The Labute approximate surface area is 190 Å². The van der Waals surface area contributed by atoms with Gasteiger partial charge in [-0.25, -0.2) is 0 Å². The third kappa shape index (κ3) is 9.00. The number of unbranched alkanes of at least 4 members (excludes halogenated alkanes) is 6. The lowest BCUT2D eigenvalue weighted by Crippen LogP contribution is -1.90. The molecule has 6 nitrogen and oxygen atoms in total. The van der Waals surface area contributed by atoms with Crippen LogP contribution in [0.2, 0.25) is 0 Å². The fraction of sp³-hybridized carbons (Fsp3) is 0.462. The SMILES string of the molecule is CCCCCCc1cc(C=O)c(O)cc1O.CCCCCCc1cc(C=O)c(O)cc1O. The molecule has 0 heterocycles. The molecule has 0 aromatic heterocycles. The van der Waals surface area contributed by atoms with Gasteiger partial charge in [0.15, 0.2) is 12.6 Å². The fourth-order valence-electron chi connectivity index (χ4n) is 3.36. The van der Waals surface area contributed by atoms with E-state index in [9.17, 15) is 30.0 Å². The van der Waals surface area contributed by atoms with Gasteiger partial charge in [0, 0.05) is 12.1 Å². The average molecular weight is 445 g/mol. The van der Waals surface area contributed by atoms with Crippen LogP contribution in [-0.4, -0.2) is 33.0 Å². The summed E-state index contributed by atoms with van der Waals surface area (Å²) in [7, 11) is 0. The minimum absolute atomic E-state index is 0.0691. The normalized spacial score (nSPS) is 10.3. The van der Waals surface area contributed by atoms with E-state index in [1.54, 1.807) is 12.1 Å². The van der Waals surface area contributed by atoms with E-state index in [4.69, 9.17) is 0 Å². The number of benzene rings is 2. The number of carbonyl (C=O) groups excluding carboxylic acids is 2. The van der Waals surface area contributed by atoms with E-state index in [-0.39, 0.29) is 34.1 Å². The third-order valence-electron chi connectivity index (χ3n) is 5.31. The Balaban J connectivity index is 0.000000320. The van der Waals surface area contributed by atoms with Crippen molar-refractivity contribution >= 4 is 12.6 Å². The van der Waals surface area contributed by atoms with Gasteiger partial charge in [0.1, 0.15) is 23.0 Å². The van der Waals surface area contributed by atoms with Crippen LogP contribution >= 0.6 is 0 Å². The van der Waals surface area contributed by atoms with Crippen LogP contribution < -0.4 is 0 Å². The summed E-state index contributed by atoms with van der Waals surface area (Å²) in [6, 6.07) is 5.59. The van der Waals surface area contributed by atoms with E-state index in [1.807, 2.05) is 0 Å². The molecule has 32 heavy (non-hydrogen) atoms. The van der Waals surface area contributed by atoms with Crippen LogP contribution in [0.25, 0.3) is 0 Å². The number of phenols is 4. The predicted octanol–water partition coefficient (Wildman–Crippen LogP) is 6.07. The number of hydrogen-bond acceptors (Lipinski definition) is 6. The Morgan fingerprint density at radius 1 is 0.562 bits per heavy atom. The van der Waals surface area contributed by atoms with Crippen LogP contribution in [0.4, 0.5) is 0 Å². The highest BCUT2D eigenvalue weighted by atomic mass is 16.3. The smallest absolute Gasteiger partial charge is 0.153 e. The van der Waals surface area contributed by atoms with Gasteiger partial charge >= 0.3 is 0 Å². The number of rotatable bonds is 12. The van der Waals surface area contributed by atoms with Crippen molar-refractivity contribution in [1.82, 2.24) is 0 Å². The van der Waals surface area contributed by atoms with Gasteiger partial charge in [0.2, 0.25) is 0 Å². The molecule has 6 heteroatoms. The molecule has 0 fully saturated rings. The molecule has 0 aliphatic rings. The summed E-state index contributed by atoms with van der Waals surface area (Å²) in [5.74, 6) is -0.186. The zero-order valence-electron chi connectivity index (χ0n) is 19.1. The molecule has 0 saturated heterocycles. The molecule has 0 saturated carbocycles. The maximum Gasteiger partial charge on any atom is 0.153 e. The van der Waals surface area contributed by atoms with E-state index >= 15 is 0 Å². The van der Waals surface area contributed by atoms with Crippen LogP contribution in [-0.2, 0) is 12.8 Å². The summed E-state index contributed by atoms with van der Waals surface area (Å²) in [5.41, 5.74) is 1.94. The minimum Gasteiger partial charge on any atom is -0.508 e. The summed E-state index contributed by atoms with van der Waals surface area (Å²) >= 11 is 0. The van der Waals surface area contributed by atoms with Gasteiger partial charge < -0.3 is 20.4 Å². The maximum absolute atomic E-state index is 10.6. The van der Waals surface area contributed by atoms with Crippen LogP contribution in [0, 0.1) is 0 Å². The molecule has 0 aliphatic carbocycles. The van der Waals surface area contributed by atoms with Crippen molar-refractivity contribution in [2.75, 3.05) is 0 Å². The molecule has 2 rings (SSSR count). The second-order valence-corrected chi connectivity index (χ2v) is 7.94. The lowest BCUT2D eigenvalue weighted by atomic mass is 10.0. The molecule has 0 bridgehead atoms. The van der Waals surface area contributed by atoms with Gasteiger partial charge in [-0.3, -0.25) is 9.59 Å². The largest absolute Gasteiger partial charge is 0.508 e. The van der Waals surface area contributed by atoms with Crippen LogP contribution in [0.15, 0.2) is 24.3 Å². The van der Waals surface area contributed by atoms with Crippen molar-refractivity contribution in [3.05, 3.63) is 46.5 Å². The highest BCUT2D eigenvalue weighted by Gasteiger charge is 2.08. The van der Waals surface area contributed by atoms with Gasteiger partial charge in [0.05, 0.1) is 11.1 Å². The number of carbonyl (C=O) groups is 2. The molecule has 4 N–H and O–H groups in total. The second-order valence-electron chi connectivity index (χ2n) is 7.94. The standard InChI is InChI=1S/2C13H18O3/c2*1-2-3-4-5-6-10-7-11(9-14)13(16)8-12(10)15/h2*7-9,15-16H,2-6H2,1H3. The molecule has 0 amide bonds. The Morgan fingerprint density at radius 2 is 0.938 bits per heavy atom. The van der Waals surface area contributed by atoms with E-state index in [2.05, 4.69) is 13.8 Å². The number of aryl methyl sites for hydroxylation is 2. The van der Waals surface area contributed by atoms with Gasteiger partial charge in [-0.2, -0.15) is 0 Å². The van der Waals surface area contributed by atoms with Crippen molar-refractivity contribution in [3.8, 4) is 23.0 Å². The quantitative estimate of drug-likeness (QED) is 0.233. The molecule has 2 aromatic carbocycles. The summed E-state index contributed by atoms with van der Waals surface area (Å²) in [4.78, 5) is 21.3. The van der Waals surface area contributed by atoms with Crippen molar-refractivity contribution < 1.29 is 30.0 Å². The van der Waals surface area contributed by atoms with Crippen LogP contribution in [0.1, 0.15) is 97.1 Å². The molecule has 0 unspecified atom stereocenters. The summed E-state index contributed by atoms with van der Waals surface area (Å²) < 4.78 is 0. The first-order valence-electron chi connectivity index (χ1n) is 11.4. The van der Waals surface area contributed by atoms with Gasteiger partial charge in [-0.1, -0.05) is 52.4 Å². The third-order valence-corrected chi connectivity index (χ3v) is 5.31. The summed E-state index contributed by atoms with van der Waals surface area (Å²) in [5, 5.41) is 37.9. The second kappa shape index (κ2) is 14.9. The van der Waals surface area contributed by atoms with E-state index in [0.717, 1.165) is 49.7 Å².